The van der Waals surface area contributed by atoms with Gasteiger partial charge >= 0.3 is 6.34 Å². The summed E-state index contributed by atoms with van der Waals surface area (Å²) in [5.41, 5.74) is 0. The minimum absolute atomic E-state index is 1.09. The molecule has 2 nitrogen and oxygen atoms in total. The Morgan fingerprint density at radius 2 is 2.30 bits per heavy atom. The quantitative estimate of drug-likeness (QED) is 0.505. The molecule has 0 saturated carbocycles. The van der Waals surface area contributed by atoms with Crippen molar-refractivity contribution in [1.82, 2.24) is 0 Å². The van der Waals surface area contributed by atoms with Crippen molar-refractivity contribution >= 4 is 12.6 Å². The topological polar surface area (TPSA) is 6.02 Å². The van der Waals surface area contributed by atoms with Gasteiger partial charge in [-0.05, 0) is 0 Å². The molecule has 0 N–H and O–H groups in total. The van der Waals surface area contributed by atoms with Crippen molar-refractivity contribution in [2.45, 2.75) is 19.8 Å². The number of rotatable bonds is 3. The Morgan fingerprint density at radius 1 is 1.50 bits per heavy atom. The summed E-state index contributed by atoms with van der Waals surface area (Å²) >= 11 is 0. The monoisotopic (exact) mass is 140 g/mol. The van der Waals surface area contributed by atoms with Crippen LogP contribution >= 0.6 is 0 Å². The van der Waals surface area contributed by atoms with Crippen molar-refractivity contribution in [3.05, 3.63) is 0 Å². The predicted molar refractivity (Wildman–Crippen MR) is 43.2 cm³/mol. The Hall–Kier alpha value is -0.660. The van der Waals surface area contributed by atoms with Crippen LogP contribution in [-0.4, -0.2) is 41.8 Å². The molecule has 0 unspecified atom stereocenters. The van der Waals surface area contributed by atoms with E-state index in [9.17, 15) is 0 Å². The van der Waals surface area contributed by atoms with Crippen LogP contribution < -0.4 is 0 Å². The third-order valence-electron chi connectivity index (χ3n) is 1.75. The van der Waals surface area contributed by atoms with Crippen molar-refractivity contribution in [2.75, 3.05) is 20.1 Å². The van der Waals surface area contributed by atoms with Crippen LogP contribution in [0.5, 0.6) is 0 Å². The number of hydrogen-bond acceptors (Lipinski definition) is 0. The van der Waals surface area contributed by atoms with Crippen LogP contribution in [0.4, 0.5) is 0 Å². The van der Waals surface area contributed by atoms with Gasteiger partial charge in [-0.1, -0.05) is 13.3 Å². The smallest absolute Gasteiger partial charge is 0.171 e. The Labute approximate surface area is 62.5 Å². The molecule has 0 amide bonds. The van der Waals surface area contributed by atoms with Crippen LogP contribution in [0.25, 0.3) is 0 Å². The van der Waals surface area contributed by atoms with Gasteiger partial charge in [0.25, 0.3) is 0 Å². The van der Waals surface area contributed by atoms with Crippen LogP contribution in [0, 0.1) is 0 Å². The SMILES string of the molecule is CCCC[N+]1=C[N+](C)=CC1. The molecule has 1 rings (SSSR count). The minimum atomic E-state index is 1.09. The first kappa shape index (κ1) is 7.45. The van der Waals surface area contributed by atoms with E-state index in [0.29, 0.717) is 0 Å². The molecule has 0 saturated heterocycles. The zero-order valence-electron chi connectivity index (χ0n) is 6.88. The molecule has 0 fully saturated rings. The third kappa shape index (κ3) is 1.94. The number of unbranched alkanes of at least 4 members (excludes halogenated alkanes) is 1. The number of nitrogens with zero attached hydrogens (tertiary/aromatic N) is 2. The predicted octanol–water partition coefficient (Wildman–Crippen LogP) is 0.554. The average Bonchev–Trinajstić information content (AvgIpc) is 2.31. The van der Waals surface area contributed by atoms with Crippen LogP contribution in [0.15, 0.2) is 0 Å². The zero-order chi connectivity index (χ0) is 7.40. The molecular weight excluding hydrogens is 124 g/mol. The third-order valence-corrected chi connectivity index (χ3v) is 1.75. The lowest BCUT2D eigenvalue weighted by atomic mass is 10.3. The van der Waals surface area contributed by atoms with Gasteiger partial charge in [0.15, 0.2) is 0 Å². The molecule has 0 aliphatic carbocycles. The Morgan fingerprint density at radius 3 is 2.80 bits per heavy atom. The van der Waals surface area contributed by atoms with Crippen molar-refractivity contribution in [2.24, 2.45) is 0 Å². The van der Waals surface area contributed by atoms with Gasteiger partial charge < -0.3 is 0 Å². The molecule has 0 aromatic heterocycles. The van der Waals surface area contributed by atoms with E-state index in [-0.39, 0.29) is 0 Å². The average molecular weight is 140 g/mol. The molecule has 10 heavy (non-hydrogen) atoms. The molecule has 56 valence electrons. The van der Waals surface area contributed by atoms with Gasteiger partial charge in [0.1, 0.15) is 13.6 Å². The van der Waals surface area contributed by atoms with E-state index in [4.69, 9.17) is 0 Å². The fourth-order valence-electron chi connectivity index (χ4n) is 1.10. The molecule has 1 aliphatic heterocycles. The summed E-state index contributed by atoms with van der Waals surface area (Å²) in [6.07, 6.45) is 6.94. The first-order valence-corrected chi connectivity index (χ1v) is 3.97. The summed E-state index contributed by atoms with van der Waals surface area (Å²) in [6.45, 7) is 4.53. The van der Waals surface area contributed by atoms with Crippen molar-refractivity contribution in [3.63, 3.8) is 0 Å². The summed E-state index contributed by atoms with van der Waals surface area (Å²) in [5, 5.41) is 0. The second kappa shape index (κ2) is 3.49. The van der Waals surface area contributed by atoms with E-state index in [2.05, 4.69) is 35.7 Å². The van der Waals surface area contributed by atoms with Gasteiger partial charge in [-0.2, -0.15) is 9.15 Å². The van der Waals surface area contributed by atoms with Gasteiger partial charge in [0.2, 0.25) is 12.8 Å². The molecule has 1 heterocycles. The summed E-state index contributed by atoms with van der Waals surface area (Å²) in [6, 6.07) is 0. The highest BCUT2D eigenvalue weighted by molar-refractivity contribution is 5.61. The van der Waals surface area contributed by atoms with Gasteiger partial charge in [0.05, 0.1) is 0 Å². The number of hydrogen-bond donors (Lipinski definition) is 0. The summed E-state index contributed by atoms with van der Waals surface area (Å²) in [7, 11) is 2.08. The van der Waals surface area contributed by atoms with E-state index in [1.54, 1.807) is 0 Å². The lowest BCUT2D eigenvalue weighted by Crippen LogP contribution is -2.12. The molecule has 0 aromatic carbocycles. The van der Waals surface area contributed by atoms with E-state index in [1.165, 1.54) is 19.4 Å². The van der Waals surface area contributed by atoms with Gasteiger partial charge in [-0.25, -0.2) is 0 Å². The van der Waals surface area contributed by atoms with Gasteiger partial charge in [-0.15, -0.1) is 0 Å². The van der Waals surface area contributed by atoms with Crippen molar-refractivity contribution in [1.29, 1.82) is 0 Å². The normalized spacial score (nSPS) is 17.0. The molecule has 1 aliphatic rings. The largest absolute Gasteiger partial charge is 0.401 e. The lowest BCUT2D eigenvalue weighted by Gasteiger charge is -1.89. The molecule has 0 aromatic rings. The summed E-state index contributed by atoms with van der Waals surface area (Å²) in [4.78, 5) is 0. The van der Waals surface area contributed by atoms with E-state index >= 15 is 0 Å². The van der Waals surface area contributed by atoms with E-state index in [0.717, 1.165) is 6.54 Å². The maximum atomic E-state index is 2.34. The van der Waals surface area contributed by atoms with Crippen LogP contribution in [0.2, 0.25) is 0 Å². The van der Waals surface area contributed by atoms with E-state index in [1.807, 2.05) is 0 Å². The second-order valence-electron chi connectivity index (χ2n) is 2.81. The van der Waals surface area contributed by atoms with Crippen LogP contribution in [0.3, 0.4) is 0 Å². The summed E-state index contributed by atoms with van der Waals surface area (Å²) in [5.74, 6) is 0. The highest BCUT2D eigenvalue weighted by atomic mass is 15.2. The Balaban J connectivity index is 2.27. The first-order chi connectivity index (χ1) is 4.83. The van der Waals surface area contributed by atoms with Crippen LogP contribution in [-0.2, 0) is 0 Å². The lowest BCUT2D eigenvalue weighted by molar-refractivity contribution is -0.531. The molecule has 0 bridgehead atoms. The fraction of sp³-hybridized carbons (Fsp3) is 0.750. The van der Waals surface area contributed by atoms with Crippen molar-refractivity contribution in [3.8, 4) is 0 Å². The summed E-state index contributed by atoms with van der Waals surface area (Å²) < 4.78 is 4.46. The standard InChI is InChI=1S/C8H16N2/c1-3-4-5-10-7-6-9(2)8-10/h6,8H,3-5,7H2,1-2H3/q+2. The molecule has 0 radical (unpaired) electrons. The van der Waals surface area contributed by atoms with Gasteiger partial charge in [-0.3, -0.25) is 0 Å². The molecule has 0 spiro atoms. The highest BCUT2D eigenvalue weighted by Gasteiger charge is 2.14. The molecule has 0 atom stereocenters. The second-order valence-corrected chi connectivity index (χ2v) is 2.81. The van der Waals surface area contributed by atoms with Crippen LogP contribution in [0.1, 0.15) is 19.8 Å². The maximum Gasteiger partial charge on any atom is 0.401 e. The molecule has 2 heteroatoms. The zero-order valence-corrected chi connectivity index (χ0v) is 6.88. The Bertz CT molecular complexity index is 168. The van der Waals surface area contributed by atoms with E-state index < -0.39 is 0 Å². The molecular formula is C8H16N2+2. The minimum Gasteiger partial charge on any atom is -0.171 e. The Kier molecular flexibility index (Phi) is 2.60. The van der Waals surface area contributed by atoms with Gasteiger partial charge in [0, 0.05) is 6.42 Å². The highest BCUT2D eigenvalue weighted by Crippen LogP contribution is 1.88. The maximum absolute atomic E-state index is 2.34. The first-order valence-electron chi connectivity index (χ1n) is 3.97. The van der Waals surface area contributed by atoms with Crippen molar-refractivity contribution < 1.29 is 9.15 Å². The fourth-order valence-corrected chi connectivity index (χ4v) is 1.10.